The van der Waals surface area contributed by atoms with Crippen LogP contribution in [0.5, 0.6) is 0 Å². The van der Waals surface area contributed by atoms with Crippen molar-refractivity contribution in [2.45, 2.75) is 37.2 Å². The number of carboxylic acids is 1. The predicted octanol–water partition coefficient (Wildman–Crippen LogP) is 2.04. The van der Waals surface area contributed by atoms with Gasteiger partial charge in [0.15, 0.2) is 9.84 Å². The molecule has 6 heteroatoms. The minimum Gasteiger partial charge on any atom is -0.478 e. The summed E-state index contributed by atoms with van der Waals surface area (Å²) < 4.78 is 30.3. The Hall–Kier alpha value is -1.40. The highest BCUT2D eigenvalue weighted by atomic mass is 32.2. The summed E-state index contributed by atoms with van der Waals surface area (Å²) in [5, 5.41) is 8.97. The molecule has 1 saturated heterocycles. The molecule has 1 aromatic rings. The molecule has 0 aliphatic carbocycles. The molecule has 1 heterocycles. The number of aromatic carboxylic acids is 1. The summed E-state index contributed by atoms with van der Waals surface area (Å²) >= 11 is 0. The van der Waals surface area contributed by atoms with Gasteiger partial charge in [-0.3, -0.25) is 0 Å². The molecular formula is C14H18O5S. The molecule has 1 atom stereocenters. The van der Waals surface area contributed by atoms with Crippen molar-refractivity contribution in [1.29, 1.82) is 0 Å². The first-order valence-corrected chi connectivity index (χ1v) is 8.24. The zero-order valence-corrected chi connectivity index (χ0v) is 12.1. The number of carbonyl (C=O) groups is 1. The van der Waals surface area contributed by atoms with Crippen LogP contribution in [0.4, 0.5) is 0 Å². The van der Waals surface area contributed by atoms with Crippen molar-refractivity contribution in [2.24, 2.45) is 0 Å². The first kappa shape index (κ1) is 15.0. The smallest absolute Gasteiger partial charge is 0.335 e. The lowest BCUT2D eigenvalue weighted by Gasteiger charge is -2.22. The average Bonchev–Trinajstić information content (AvgIpc) is 2.39. The molecule has 0 saturated carbocycles. The van der Waals surface area contributed by atoms with Gasteiger partial charge in [0.05, 0.1) is 22.3 Å². The number of ether oxygens (including phenoxy) is 1. The van der Waals surface area contributed by atoms with Gasteiger partial charge in [-0.1, -0.05) is 6.07 Å². The Morgan fingerprint density at radius 2 is 2.15 bits per heavy atom. The number of hydrogen-bond acceptors (Lipinski definition) is 4. The SMILES string of the molecule is Cc1ccc(C(=O)O)cc1S(=O)(=O)CC1CCCCO1. The molecule has 0 aromatic heterocycles. The Balaban J connectivity index is 2.28. The van der Waals surface area contributed by atoms with Crippen LogP contribution >= 0.6 is 0 Å². The Kier molecular flexibility index (Phi) is 4.45. The molecule has 1 aromatic carbocycles. The van der Waals surface area contributed by atoms with Gasteiger partial charge in [0, 0.05) is 6.61 Å². The van der Waals surface area contributed by atoms with Crippen molar-refractivity contribution in [3.63, 3.8) is 0 Å². The molecule has 2 rings (SSSR count). The molecule has 0 radical (unpaired) electrons. The minimum absolute atomic E-state index is 0.0151. The van der Waals surface area contributed by atoms with Crippen LogP contribution in [0, 0.1) is 6.92 Å². The summed E-state index contributed by atoms with van der Waals surface area (Å²) in [6.45, 7) is 2.26. The molecule has 110 valence electrons. The number of sulfone groups is 1. The Bertz CT molecular complexity index is 600. The molecule has 20 heavy (non-hydrogen) atoms. The van der Waals surface area contributed by atoms with E-state index in [2.05, 4.69) is 0 Å². The highest BCUT2D eigenvalue weighted by molar-refractivity contribution is 7.91. The lowest BCUT2D eigenvalue weighted by molar-refractivity contribution is 0.0305. The first-order valence-electron chi connectivity index (χ1n) is 6.58. The van der Waals surface area contributed by atoms with Crippen molar-refractivity contribution in [3.8, 4) is 0 Å². The summed E-state index contributed by atoms with van der Waals surface area (Å²) in [6, 6.07) is 4.17. The number of carboxylic acid groups (broad SMARTS) is 1. The van der Waals surface area contributed by atoms with E-state index in [-0.39, 0.29) is 22.3 Å². The van der Waals surface area contributed by atoms with E-state index in [1.807, 2.05) is 0 Å². The van der Waals surface area contributed by atoms with Crippen molar-refractivity contribution in [3.05, 3.63) is 29.3 Å². The zero-order chi connectivity index (χ0) is 14.8. The summed E-state index contributed by atoms with van der Waals surface area (Å²) in [7, 11) is -3.53. The van der Waals surface area contributed by atoms with Crippen LogP contribution in [0.25, 0.3) is 0 Å². The van der Waals surface area contributed by atoms with E-state index in [9.17, 15) is 13.2 Å². The van der Waals surface area contributed by atoms with E-state index in [4.69, 9.17) is 9.84 Å². The van der Waals surface area contributed by atoms with Gasteiger partial charge in [-0.05, 0) is 43.9 Å². The molecule has 1 aliphatic heterocycles. The molecule has 1 aliphatic rings. The van der Waals surface area contributed by atoms with Gasteiger partial charge in [-0.25, -0.2) is 13.2 Å². The van der Waals surface area contributed by atoms with Crippen LogP contribution in [0.1, 0.15) is 35.2 Å². The van der Waals surface area contributed by atoms with E-state index < -0.39 is 15.8 Å². The van der Waals surface area contributed by atoms with Gasteiger partial charge in [-0.2, -0.15) is 0 Å². The lowest BCUT2D eigenvalue weighted by atomic mass is 10.1. The summed E-state index contributed by atoms with van der Waals surface area (Å²) in [5.41, 5.74) is 0.546. The highest BCUT2D eigenvalue weighted by Gasteiger charge is 2.25. The van der Waals surface area contributed by atoms with Crippen LogP contribution in [0.15, 0.2) is 23.1 Å². The molecule has 5 nitrogen and oxygen atoms in total. The Morgan fingerprint density at radius 1 is 1.40 bits per heavy atom. The lowest BCUT2D eigenvalue weighted by Crippen LogP contribution is -2.28. The minimum atomic E-state index is -3.53. The maximum atomic E-state index is 12.4. The van der Waals surface area contributed by atoms with Crippen molar-refractivity contribution in [2.75, 3.05) is 12.4 Å². The largest absolute Gasteiger partial charge is 0.478 e. The van der Waals surface area contributed by atoms with Crippen molar-refractivity contribution >= 4 is 15.8 Å². The molecule has 1 unspecified atom stereocenters. The Labute approximate surface area is 118 Å². The van der Waals surface area contributed by atoms with Crippen LogP contribution in [0.2, 0.25) is 0 Å². The van der Waals surface area contributed by atoms with Gasteiger partial charge in [-0.15, -0.1) is 0 Å². The average molecular weight is 298 g/mol. The normalized spacial score (nSPS) is 19.8. The summed E-state index contributed by atoms with van der Waals surface area (Å²) in [4.78, 5) is 11.1. The van der Waals surface area contributed by atoms with Crippen molar-refractivity contribution < 1.29 is 23.1 Å². The fourth-order valence-electron chi connectivity index (χ4n) is 2.34. The molecule has 0 spiro atoms. The molecule has 1 N–H and O–H groups in total. The number of rotatable bonds is 4. The fourth-order valence-corrected chi connectivity index (χ4v) is 4.14. The van der Waals surface area contributed by atoms with E-state index in [0.717, 1.165) is 19.3 Å². The second-order valence-corrected chi connectivity index (χ2v) is 7.06. The summed E-state index contributed by atoms with van der Waals surface area (Å²) in [5.74, 6) is -1.22. The van der Waals surface area contributed by atoms with E-state index in [1.54, 1.807) is 6.92 Å². The van der Waals surface area contributed by atoms with Gasteiger partial charge in [0.1, 0.15) is 0 Å². The standard InChI is InChI=1S/C14H18O5S/c1-10-5-6-11(14(15)16)8-13(10)20(17,18)9-12-4-2-3-7-19-12/h5-6,8,12H,2-4,7,9H2,1H3,(H,15,16). The monoisotopic (exact) mass is 298 g/mol. The predicted molar refractivity (Wildman–Crippen MR) is 73.8 cm³/mol. The second kappa shape index (κ2) is 5.93. The third-order valence-corrected chi connectivity index (χ3v) is 5.37. The van der Waals surface area contributed by atoms with Crippen molar-refractivity contribution in [1.82, 2.24) is 0 Å². The van der Waals surface area contributed by atoms with E-state index >= 15 is 0 Å². The van der Waals surface area contributed by atoms with Gasteiger partial charge < -0.3 is 9.84 Å². The third kappa shape index (κ3) is 3.37. The van der Waals surface area contributed by atoms with Gasteiger partial charge in [0.25, 0.3) is 0 Å². The molecule has 0 bridgehead atoms. The van der Waals surface area contributed by atoms with Gasteiger partial charge in [0.2, 0.25) is 0 Å². The van der Waals surface area contributed by atoms with Gasteiger partial charge >= 0.3 is 5.97 Å². The number of benzene rings is 1. The first-order chi connectivity index (χ1) is 9.40. The fraction of sp³-hybridized carbons (Fsp3) is 0.500. The van der Waals surface area contributed by atoms with Crippen LogP contribution in [-0.2, 0) is 14.6 Å². The number of aryl methyl sites for hydroxylation is 1. The highest BCUT2D eigenvalue weighted by Crippen LogP contribution is 2.22. The summed E-state index contributed by atoms with van der Waals surface area (Å²) in [6.07, 6.45) is 2.37. The second-order valence-electron chi connectivity index (χ2n) is 5.06. The molecular weight excluding hydrogens is 280 g/mol. The number of hydrogen-bond donors (Lipinski definition) is 1. The maximum absolute atomic E-state index is 12.4. The topological polar surface area (TPSA) is 80.7 Å². The van der Waals surface area contributed by atoms with E-state index in [0.29, 0.717) is 12.2 Å². The molecule has 0 amide bonds. The van der Waals surface area contributed by atoms with E-state index in [1.165, 1.54) is 18.2 Å². The third-order valence-electron chi connectivity index (χ3n) is 3.45. The van der Waals surface area contributed by atoms with Crippen LogP contribution in [0.3, 0.4) is 0 Å². The molecule has 1 fully saturated rings. The Morgan fingerprint density at radius 3 is 2.75 bits per heavy atom. The van der Waals surface area contributed by atoms with Crippen LogP contribution in [-0.4, -0.2) is 38.0 Å². The maximum Gasteiger partial charge on any atom is 0.335 e. The van der Waals surface area contributed by atoms with Crippen LogP contribution < -0.4 is 0 Å². The zero-order valence-electron chi connectivity index (χ0n) is 11.3. The quantitative estimate of drug-likeness (QED) is 0.920.